The second kappa shape index (κ2) is 9.60. The summed E-state index contributed by atoms with van der Waals surface area (Å²) in [5, 5.41) is 9.08. The zero-order valence-electron chi connectivity index (χ0n) is 17.3. The summed E-state index contributed by atoms with van der Waals surface area (Å²) in [5.41, 5.74) is 1.34. The lowest BCUT2D eigenvalue weighted by Crippen LogP contribution is -2.39. The quantitative estimate of drug-likeness (QED) is 0.499. The van der Waals surface area contributed by atoms with Gasteiger partial charge in [0.25, 0.3) is 0 Å². The van der Waals surface area contributed by atoms with Crippen LogP contribution in [0.1, 0.15) is 32.1 Å². The Morgan fingerprint density at radius 3 is 2.26 bits per heavy atom. The van der Waals surface area contributed by atoms with E-state index in [1.54, 1.807) is 28.8 Å². The van der Waals surface area contributed by atoms with Gasteiger partial charge in [0.05, 0.1) is 5.75 Å². The summed E-state index contributed by atoms with van der Waals surface area (Å²) in [4.78, 5) is 14.6. The average Bonchev–Trinajstić information content (AvgIpc) is 3.22. The van der Waals surface area contributed by atoms with Crippen molar-refractivity contribution in [1.82, 2.24) is 19.7 Å². The third kappa shape index (κ3) is 4.95. The molecule has 0 saturated heterocycles. The third-order valence-corrected chi connectivity index (χ3v) is 6.57. The van der Waals surface area contributed by atoms with Crippen LogP contribution in [0.2, 0.25) is 0 Å². The van der Waals surface area contributed by atoms with Crippen LogP contribution in [-0.2, 0) is 4.79 Å². The number of nitrogens with zero attached hydrogens (tertiary/aromatic N) is 4. The van der Waals surface area contributed by atoms with Gasteiger partial charge in [-0.2, -0.15) is 0 Å². The molecule has 4 rings (SSSR count). The van der Waals surface area contributed by atoms with Crippen molar-refractivity contribution in [3.8, 4) is 17.1 Å². The van der Waals surface area contributed by atoms with Crippen molar-refractivity contribution >= 4 is 17.7 Å². The predicted octanol–water partition coefficient (Wildman–Crippen LogP) is 5.10. The zero-order chi connectivity index (χ0) is 21.8. The van der Waals surface area contributed by atoms with E-state index in [-0.39, 0.29) is 23.3 Å². The molecule has 1 amide bonds. The Morgan fingerprint density at radius 2 is 1.61 bits per heavy atom. The molecule has 0 unspecified atom stereocenters. The van der Waals surface area contributed by atoms with Gasteiger partial charge < -0.3 is 4.90 Å². The molecule has 1 aliphatic carbocycles. The smallest absolute Gasteiger partial charge is 0.233 e. The summed E-state index contributed by atoms with van der Waals surface area (Å²) in [6.45, 7) is 0. The molecule has 2 aromatic carbocycles. The van der Waals surface area contributed by atoms with E-state index in [2.05, 4.69) is 10.2 Å². The first-order valence-corrected chi connectivity index (χ1v) is 11.4. The number of rotatable bonds is 6. The molecule has 8 heteroatoms. The minimum Gasteiger partial charge on any atom is -0.342 e. The van der Waals surface area contributed by atoms with Crippen molar-refractivity contribution in [3.63, 3.8) is 0 Å². The summed E-state index contributed by atoms with van der Waals surface area (Å²) in [6, 6.07) is 12.2. The summed E-state index contributed by atoms with van der Waals surface area (Å²) >= 11 is 1.30. The Labute approximate surface area is 184 Å². The second-order valence-electron chi connectivity index (χ2n) is 7.71. The Balaban J connectivity index is 1.59. The van der Waals surface area contributed by atoms with Crippen molar-refractivity contribution in [1.29, 1.82) is 0 Å². The van der Waals surface area contributed by atoms with Crippen LogP contribution in [0.25, 0.3) is 17.1 Å². The number of amides is 1. The first kappa shape index (κ1) is 21.5. The summed E-state index contributed by atoms with van der Waals surface area (Å²) in [7, 11) is 1.87. The lowest BCUT2D eigenvalue weighted by Gasteiger charge is -2.31. The van der Waals surface area contributed by atoms with Gasteiger partial charge in [-0.15, -0.1) is 10.2 Å². The van der Waals surface area contributed by atoms with Crippen LogP contribution < -0.4 is 0 Å². The summed E-state index contributed by atoms with van der Waals surface area (Å²) < 4.78 is 28.6. The molecule has 1 fully saturated rings. The Hall–Kier alpha value is -2.74. The molecular formula is C23H24F2N4OS. The molecule has 1 aromatic heterocycles. The minimum atomic E-state index is -0.348. The van der Waals surface area contributed by atoms with Gasteiger partial charge in [-0.1, -0.05) is 31.0 Å². The van der Waals surface area contributed by atoms with E-state index in [1.807, 2.05) is 11.9 Å². The number of benzene rings is 2. The first-order valence-electron chi connectivity index (χ1n) is 10.4. The van der Waals surface area contributed by atoms with Crippen molar-refractivity contribution in [2.75, 3.05) is 12.8 Å². The van der Waals surface area contributed by atoms with Crippen LogP contribution >= 0.6 is 11.8 Å². The molecule has 0 bridgehead atoms. The molecule has 1 saturated carbocycles. The first-order chi connectivity index (χ1) is 15.0. The minimum absolute atomic E-state index is 0.0499. The molecule has 1 heterocycles. The van der Waals surface area contributed by atoms with Crippen LogP contribution in [0.4, 0.5) is 8.78 Å². The predicted molar refractivity (Wildman–Crippen MR) is 117 cm³/mol. The van der Waals surface area contributed by atoms with Crippen LogP contribution in [0, 0.1) is 11.6 Å². The van der Waals surface area contributed by atoms with Gasteiger partial charge in [-0.3, -0.25) is 9.36 Å². The second-order valence-corrected chi connectivity index (χ2v) is 8.65. The molecule has 0 N–H and O–H groups in total. The largest absolute Gasteiger partial charge is 0.342 e. The molecule has 3 aromatic rings. The van der Waals surface area contributed by atoms with E-state index >= 15 is 0 Å². The highest BCUT2D eigenvalue weighted by molar-refractivity contribution is 7.99. The highest BCUT2D eigenvalue weighted by Crippen LogP contribution is 2.29. The molecule has 0 atom stereocenters. The van der Waals surface area contributed by atoms with Crippen LogP contribution in [0.15, 0.2) is 53.7 Å². The fourth-order valence-electron chi connectivity index (χ4n) is 3.87. The van der Waals surface area contributed by atoms with Crippen LogP contribution in [0.5, 0.6) is 0 Å². The van der Waals surface area contributed by atoms with Crippen molar-refractivity contribution in [3.05, 3.63) is 60.2 Å². The Bertz CT molecular complexity index is 1030. The van der Waals surface area contributed by atoms with Gasteiger partial charge in [0.2, 0.25) is 5.91 Å². The molecule has 0 spiro atoms. The number of carbonyl (C=O) groups excluding carboxylic acids is 1. The zero-order valence-corrected chi connectivity index (χ0v) is 18.1. The van der Waals surface area contributed by atoms with E-state index < -0.39 is 0 Å². The Kier molecular flexibility index (Phi) is 6.65. The fraction of sp³-hybridized carbons (Fsp3) is 0.348. The Morgan fingerprint density at radius 1 is 1.00 bits per heavy atom. The van der Waals surface area contributed by atoms with Crippen LogP contribution in [-0.4, -0.2) is 44.4 Å². The number of carbonyl (C=O) groups is 1. The molecular weight excluding hydrogens is 418 g/mol. The van der Waals surface area contributed by atoms with Gasteiger partial charge in [0, 0.05) is 24.3 Å². The maximum Gasteiger partial charge on any atom is 0.233 e. The standard InChI is InChI=1S/C23H24F2N4OS/c1-28(19-5-3-2-4-6-19)21(30)15-31-23-27-26-22(16-7-9-17(24)10-8-16)29(23)20-13-11-18(25)12-14-20/h7-14,19H,2-6,15H2,1H3. The average molecular weight is 443 g/mol. The number of hydrogen-bond donors (Lipinski definition) is 0. The summed E-state index contributed by atoms with van der Waals surface area (Å²) in [5.74, 6) is 0.0905. The van der Waals surface area contributed by atoms with Gasteiger partial charge in [0.15, 0.2) is 11.0 Å². The number of thioether (sulfide) groups is 1. The molecule has 31 heavy (non-hydrogen) atoms. The summed E-state index contributed by atoms with van der Waals surface area (Å²) in [6.07, 6.45) is 5.66. The maximum absolute atomic E-state index is 13.5. The lowest BCUT2D eigenvalue weighted by molar-refractivity contribution is -0.129. The van der Waals surface area contributed by atoms with E-state index in [9.17, 15) is 13.6 Å². The SMILES string of the molecule is CN(C(=O)CSc1nnc(-c2ccc(F)cc2)n1-c1ccc(F)cc1)C1CCCCC1. The lowest BCUT2D eigenvalue weighted by atomic mass is 9.94. The molecule has 162 valence electrons. The monoisotopic (exact) mass is 442 g/mol. The normalized spacial score (nSPS) is 14.5. The van der Waals surface area contributed by atoms with Crippen LogP contribution in [0.3, 0.4) is 0 Å². The van der Waals surface area contributed by atoms with E-state index in [4.69, 9.17) is 0 Å². The van der Waals surface area contributed by atoms with Gasteiger partial charge in [-0.05, 0) is 61.4 Å². The molecule has 5 nitrogen and oxygen atoms in total. The fourth-order valence-corrected chi connectivity index (χ4v) is 4.75. The van der Waals surface area contributed by atoms with Gasteiger partial charge in [0.1, 0.15) is 11.6 Å². The van der Waals surface area contributed by atoms with Crippen molar-refractivity contribution in [2.24, 2.45) is 0 Å². The topological polar surface area (TPSA) is 51.0 Å². The number of hydrogen-bond acceptors (Lipinski definition) is 4. The van der Waals surface area contributed by atoms with E-state index in [0.29, 0.717) is 28.3 Å². The highest BCUT2D eigenvalue weighted by Gasteiger charge is 2.23. The molecule has 1 aliphatic rings. The molecule has 0 aliphatic heterocycles. The van der Waals surface area contributed by atoms with Gasteiger partial charge in [-0.25, -0.2) is 8.78 Å². The van der Waals surface area contributed by atoms with Crippen molar-refractivity contribution in [2.45, 2.75) is 43.3 Å². The highest BCUT2D eigenvalue weighted by atomic mass is 32.2. The number of aromatic nitrogens is 3. The maximum atomic E-state index is 13.5. The molecule has 0 radical (unpaired) electrons. The van der Waals surface area contributed by atoms with E-state index in [1.165, 1.54) is 42.4 Å². The van der Waals surface area contributed by atoms with E-state index in [0.717, 1.165) is 25.7 Å². The van der Waals surface area contributed by atoms with Gasteiger partial charge >= 0.3 is 0 Å². The van der Waals surface area contributed by atoms with Crippen molar-refractivity contribution < 1.29 is 13.6 Å². The number of halogens is 2. The third-order valence-electron chi connectivity index (χ3n) is 5.66.